The molecule has 0 spiro atoms. The fourth-order valence-corrected chi connectivity index (χ4v) is 4.90. The molecule has 4 nitrogen and oxygen atoms in total. The highest BCUT2D eigenvalue weighted by molar-refractivity contribution is 7.12. The molecule has 0 amide bonds. The number of rotatable bonds is 5. The van der Waals surface area contributed by atoms with Crippen LogP contribution in [0.1, 0.15) is 41.3 Å². The van der Waals surface area contributed by atoms with Gasteiger partial charge in [0.2, 0.25) is 0 Å². The van der Waals surface area contributed by atoms with E-state index in [4.69, 9.17) is 9.72 Å². The maximum Gasteiger partial charge on any atom is 0.113 e. The van der Waals surface area contributed by atoms with Crippen LogP contribution in [0.2, 0.25) is 0 Å². The van der Waals surface area contributed by atoms with Gasteiger partial charge < -0.3 is 15.0 Å². The summed E-state index contributed by atoms with van der Waals surface area (Å²) in [6.45, 7) is 4.01. The Balaban J connectivity index is 1.83. The minimum Gasteiger partial charge on any atom is -0.383 e. The predicted octanol–water partition coefficient (Wildman–Crippen LogP) is 2.18. The molecule has 1 fully saturated rings. The summed E-state index contributed by atoms with van der Waals surface area (Å²) in [5.74, 6) is 0. The molecule has 1 aliphatic heterocycles. The highest BCUT2D eigenvalue weighted by Crippen LogP contribution is 2.38. The topological polar surface area (TPSA) is 37.4 Å². The summed E-state index contributed by atoms with van der Waals surface area (Å²) in [5.41, 5.74) is 1.44. The van der Waals surface area contributed by atoms with E-state index in [1.54, 1.807) is 7.11 Å². The molecule has 0 bridgehead atoms. The SMILES string of the molecule is COCCNC1(c2nc3c(s2)CCC3)CCCN(C)CC1. The van der Waals surface area contributed by atoms with Gasteiger partial charge in [-0.15, -0.1) is 11.3 Å². The fourth-order valence-electron chi connectivity index (χ4n) is 3.52. The van der Waals surface area contributed by atoms with Gasteiger partial charge in [0.05, 0.1) is 17.8 Å². The molecule has 1 N–H and O–H groups in total. The summed E-state index contributed by atoms with van der Waals surface area (Å²) in [5, 5.41) is 5.13. The van der Waals surface area contributed by atoms with Crippen molar-refractivity contribution >= 4 is 11.3 Å². The molecule has 1 aromatic rings. The number of thiazole rings is 1. The first kappa shape index (κ1) is 15.4. The Bertz CT molecular complexity index is 455. The second-order valence-corrected chi connectivity index (χ2v) is 7.48. The van der Waals surface area contributed by atoms with Gasteiger partial charge in [-0.1, -0.05) is 0 Å². The number of hydrogen-bond donors (Lipinski definition) is 1. The number of aromatic nitrogens is 1. The second kappa shape index (κ2) is 6.73. The lowest BCUT2D eigenvalue weighted by Gasteiger charge is -2.32. The molecular weight excluding hydrogens is 282 g/mol. The standard InChI is InChI=1S/C16H27N3OS/c1-19-10-4-7-16(8-11-19,17-9-12-20-2)15-18-13-5-3-6-14(13)21-15/h17H,3-12H2,1-2H3. The fraction of sp³-hybridized carbons (Fsp3) is 0.812. The molecule has 0 saturated carbocycles. The van der Waals surface area contributed by atoms with E-state index in [1.807, 2.05) is 11.3 Å². The van der Waals surface area contributed by atoms with E-state index in [2.05, 4.69) is 17.3 Å². The normalized spacial score (nSPS) is 26.8. The van der Waals surface area contributed by atoms with Crippen LogP contribution >= 0.6 is 11.3 Å². The number of hydrogen-bond acceptors (Lipinski definition) is 5. The number of ether oxygens (including phenoxy) is 1. The summed E-state index contributed by atoms with van der Waals surface area (Å²) < 4.78 is 5.24. The van der Waals surface area contributed by atoms with E-state index in [9.17, 15) is 0 Å². The first-order valence-corrected chi connectivity index (χ1v) is 8.97. The Kier molecular flexibility index (Phi) is 4.94. The molecule has 21 heavy (non-hydrogen) atoms. The van der Waals surface area contributed by atoms with E-state index in [0.29, 0.717) is 0 Å². The molecule has 118 valence electrons. The molecule has 1 aliphatic carbocycles. The zero-order valence-corrected chi connectivity index (χ0v) is 14.1. The van der Waals surface area contributed by atoms with Crippen LogP contribution in [0.3, 0.4) is 0 Å². The first-order valence-electron chi connectivity index (χ1n) is 8.15. The summed E-state index contributed by atoms with van der Waals surface area (Å²) in [7, 11) is 4.00. The highest BCUT2D eigenvalue weighted by Gasteiger charge is 2.37. The molecule has 1 unspecified atom stereocenters. The lowest BCUT2D eigenvalue weighted by atomic mass is 9.91. The van der Waals surface area contributed by atoms with Crippen LogP contribution in [0, 0.1) is 0 Å². The van der Waals surface area contributed by atoms with Crippen molar-refractivity contribution in [3.8, 4) is 0 Å². The van der Waals surface area contributed by atoms with Crippen molar-refractivity contribution in [2.24, 2.45) is 0 Å². The van der Waals surface area contributed by atoms with Gasteiger partial charge in [-0.2, -0.15) is 0 Å². The van der Waals surface area contributed by atoms with Crippen molar-refractivity contribution in [2.45, 2.75) is 44.1 Å². The van der Waals surface area contributed by atoms with Crippen molar-refractivity contribution in [1.29, 1.82) is 0 Å². The average Bonchev–Trinajstić information content (AvgIpc) is 3.01. The molecule has 2 aliphatic rings. The van der Waals surface area contributed by atoms with Crippen LogP contribution in [-0.2, 0) is 23.1 Å². The lowest BCUT2D eigenvalue weighted by Crippen LogP contribution is -2.44. The number of methoxy groups -OCH3 is 1. The minimum atomic E-state index is 0.0678. The zero-order valence-electron chi connectivity index (χ0n) is 13.3. The third-order valence-corrected chi connectivity index (χ3v) is 6.20. The minimum absolute atomic E-state index is 0.0678. The first-order chi connectivity index (χ1) is 10.2. The summed E-state index contributed by atoms with van der Waals surface area (Å²) in [4.78, 5) is 9.01. The monoisotopic (exact) mass is 309 g/mol. The predicted molar refractivity (Wildman–Crippen MR) is 87.0 cm³/mol. The Morgan fingerprint density at radius 2 is 2.19 bits per heavy atom. The zero-order chi connectivity index (χ0) is 14.7. The number of aryl methyl sites for hydroxylation is 2. The Morgan fingerprint density at radius 3 is 3.00 bits per heavy atom. The number of fused-ring (bicyclic) bond motifs is 1. The van der Waals surface area contributed by atoms with Crippen LogP contribution < -0.4 is 5.32 Å². The van der Waals surface area contributed by atoms with Crippen LogP contribution in [0.5, 0.6) is 0 Å². The number of likely N-dealkylation sites (tertiary alicyclic amines) is 1. The second-order valence-electron chi connectivity index (χ2n) is 6.40. The Hall–Kier alpha value is -0.490. The summed E-state index contributed by atoms with van der Waals surface area (Å²) >= 11 is 1.96. The average molecular weight is 309 g/mol. The maximum absolute atomic E-state index is 5.24. The third kappa shape index (κ3) is 3.31. The molecule has 5 heteroatoms. The van der Waals surface area contributed by atoms with Crippen LogP contribution in [-0.4, -0.2) is 50.3 Å². The van der Waals surface area contributed by atoms with Crippen molar-refractivity contribution in [3.05, 3.63) is 15.6 Å². The van der Waals surface area contributed by atoms with Crippen LogP contribution in [0.4, 0.5) is 0 Å². The van der Waals surface area contributed by atoms with Gasteiger partial charge in [0.25, 0.3) is 0 Å². The van der Waals surface area contributed by atoms with Gasteiger partial charge in [0.15, 0.2) is 0 Å². The molecule has 1 aromatic heterocycles. The molecule has 1 atom stereocenters. The van der Waals surface area contributed by atoms with Crippen molar-refractivity contribution in [1.82, 2.24) is 15.2 Å². The molecule has 3 rings (SSSR count). The van der Waals surface area contributed by atoms with E-state index in [0.717, 1.165) is 26.1 Å². The molecule has 2 heterocycles. The van der Waals surface area contributed by atoms with E-state index < -0.39 is 0 Å². The van der Waals surface area contributed by atoms with Crippen molar-refractivity contribution < 1.29 is 4.74 Å². The van der Waals surface area contributed by atoms with Crippen molar-refractivity contribution in [3.63, 3.8) is 0 Å². The van der Waals surface area contributed by atoms with Gasteiger partial charge in [-0.3, -0.25) is 0 Å². The lowest BCUT2D eigenvalue weighted by molar-refractivity contribution is 0.177. The summed E-state index contributed by atoms with van der Waals surface area (Å²) in [6, 6.07) is 0. The Morgan fingerprint density at radius 1 is 1.29 bits per heavy atom. The largest absolute Gasteiger partial charge is 0.383 e. The van der Waals surface area contributed by atoms with Gasteiger partial charge >= 0.3 is 0 Å². The van der Waals surface area contributed by atoms with Gasteiger partial charge in [0.1, 0.15) is 5.01 Å². The quantitative estimate of drug-likeness (QED) is 0.846. The van der Waals surface area contributed by atoms with Crippen LogP contribution in [0.25, 0.3) is 0 Å². The smallest absolute Gasteiger partial charge is 0.113 e. The summed E-state index contributed by atoms with van der Waals surface area (Å²) in [6.07, 6.45) is 7.29. The highest BCUT2D eigenvalue weighted by atomic mass is 32.1. The van der Waals surface area contributed by atoms with E-state index in [-0.39, 0.29) is 5.54 Å². The molecular formula is C16H27N3OS. The maximum atomic E-state index is 5.24. The van der Waals surface area contributed by atoms with E-state index >= 15 is 0 Å². The molecule has 0 aromatic carbocycles. The third-order valence-electron chi connectivity index (χ3n) is 4.84. The molecule has 0 radical (unpaired) electrons. The van der Waals surface area contributed by atoms with E-state index in [1.165, 1.54) is 54.2 Å². The van der Waals surface area contributed by atoms with Crippen LogP contribution in [0.15, 0.2) is 0 Å². The van der Waals surface area contributed by atoms with Gasteiger partial charge in [0, 0.05) is 25.1 Å². The molecule has 1 saturated heterocycles. The van der Waals surface area contributed by atoms with Gasteiger partial charge in [-0.25, -0.2) is 4.98 Å². The Labute approximate surface area is 131 Å². The van der Waals surface area contributed by atoms with Crippen molar-refractivity contribution in [2.75, 3.05) is 40.4 Å². The van der Waals surface area contributed by atoms with Gasteiger partial charge in [-0.05, 0) is 52.1 Å². The number of nitrogens with one attached hydrogen (secondary N) is 1. The number of nitrogens with zero attached hydrogens (tertiary/aromatic N) is 2.